The maximum absolute atomic E-state index is 13.0. The van der Waals surface area contributed by atoms with Gasteiger partial charge in [-0.2, -0.15) is 0 Å². The molecular weight excluding hydrogens is 373 g/mol. The molecule has 1 nitrogen and oxygen atoms in total. The SMILES string of the molecule is CCNC(c1ccc(F)cc1)c1cc(Br)ccc1Br. The van der Waals surface area contributed by atoms with Crippen LogP contribution in [0.15, 0.2) is 51.4 Å². The van der Waals surface area contributed by atoms with Crippen LogP contribution in [0.3, 0.4) is 0 Å². The first-order valence-corrected chi connectivity index (χ1v) is 7.64. The second-order valence-electron chi connectivity index (χ2n) is 4.21. The van der Waals surface area contributed by atoms with Gasteiger partial charge in [-0.25, -0.2) is 4.39 Å². The van der Waals surface area contributed by atoms with Crippen molar-refractivity contribution < 1.29 is 4.39 Å². The lowest BCUT2D eigenvalue weighted by Crippen LogP contribution is -2.22. The van der Waals surface area contributed by atoms with Gasteiger partial charge < -0.3 is 5.32 Å². The maximum atomic E-state index is 13.0. The Morgan fingerprint density at radius 1 is 1.11 bits per heavy atom. The van der Waals surface area contributed by atoms with Gasteiger partial charge in [-0.1, -0.05) is 50.9 Å². The van der Waals surface area contributed by atoms with Crippen molar-refractivity contribution in [2.24, 2.45) is 0 Å². The molecule has 2 aromatic rings. The number of hydrogen-bond donors (Lipinski definition) is 1. The molecule has 0 aliphatic carbocycles. The summed E-state index contributed by atoms with van der Waals surface area (Å²) in [4.78, 5) is 0. The molecular formula is C15H14Br2FN. The molecule has 1 N–H and O–H groups in total. The molecule has 0 aliphatic heterocycles. The summed E-state index contributed by atoms with van der Waals surface area (Å²) in [5.41, 5.74) is 2.17. The second-order valence-corrected chi connectivity index (χ2v) is 5.98. The van der Waals surface area contributed by atoms with Gasteiger partial charge in [0, 0.05) is 8.95 Å². The predicted molar refractivity (Wildman–Crippen MR) is 83.8 cm³/mol. The molecule has 2 aromatic carbocycles. The van der Waals surface area contributed by atoms with E-state index in [2.05, 4.69) is 50.2 Å². The lowest BCUT2D eigenvalue weighted by molar-refractivity contribution is 0.612. The third-order valence-electron chi connectivity index (χ3n) is 2.88. The van der Waals surface area contributed by atoms with E-state index in [-0.39, 0.29) is 11.9 Å². The highest BCUT2D eigenvalue weighted by Crippen LogP contribution is 2.31. The van der Waals surface area contributed by atoms with Gasteiger partial charge in [0.25, 0.3) is 0 Å². The highest BCUT2D eigenvalue weighted by Gasteiger charge is 2.16. The monoisotopic (exact) mass is 385 g/mol. The van der Waals surface area contributed by atoms with Crippen molar-refractivity contribution in [2.75, 3.05) is 6.54 Å². The molecule has 0 radical (unpaired) electrons. The molecule has 1 unspecified atom stereocenters. The highest BCUT2D eigenvalue weighted by atomic mass is 79.9. The van der Waals surface area contributed by atoms with E-state index in [9.17, 15) is 4.39 Å². The van der Waals surface area contributed by atoms with Crippen LogP contribution in [0.2, 0.25) is 0 Å². The molecule has 0 heterocycles. The largest absolute Gasteiger partial charge is 0.306 e. The van der Waals surface area contributed by atoms with Gasteiger partial charge >= 0.3 is 0 Å². The van der Waals surface area contributed by atoms with Crippen molar-refractivity contribution in [3.8, 4) is 0 Å². The van der Waals surface area contributed by atoms with Gasteiger partial charge in [0.2, 0.25) is 0 Å². The minimum atomic E-state index is -0.215. The second kappa shape index (κ2) is 6.64. The Balaban J connectivity index is 2.44. The minimum absolute atomic E-state index is 0.0393. The van der Waals surface area contributed by atoms with Crippen molar-refractivity contribution in [1.82, 2.24) is 5.32 Å². The minimum Gasteiger partial charge on any atom is -0.306 e. The van der Waals surface area contributed by atoms with E-state index in [1.807, 2.05) is 24.3 Å². The van der Waals surface area contributed by atoms with E-state index < -0.39 is 0 Å². The summed E-state index contributed by atoms with van der Waals surface area (Å²) in [6.45, 7) is 2.89. The van der Waals surface area contributed by atoms with Crippen LogP contribution >= 0.6 is 31.9 Å². The van der Waals surface area contributed by atoms with Gasteiger partial charge in [-0.15, -0.1) is 0 Å². The highest BCUT2D eigenvalue weighted by molar-refractivity contribution is 9.11. The van der Waals surface area contributed by atoms with Crippen LogP contribution in [0.25, 0.3) is 0 Å². The Labute approximate surface area is 129 Å². The molecule has 0 saturated carbocycles. The van der Waals surface area contributed by atoms with Gasteiger partial charge in [-0.3, -0.25) is 0 Å². The van der Waals surface area contributed by atoms with Crippen molar-refractivity contribution >= 4 is 31.9 Å². The fourth-order valence-electron chi connectivity index (χ4n) is 2.00. The zero-order valence-electron chi connectivity index (χ0n) is 10.5. The number of benzene rings is 2. The quantitative estimate of drug-likeness (QED) is 0.775. The third kappa shape index (κ3) is 3.65. The Morgan fingerprint density at radius 2 is 1.79 bits per heavy atom. The zero-order chi connectivity index (χ0) is 13.8. The molecule has 1 atom stereocenters. The van der Waals surface area contributed by atoms with E-state index in [0.717, 1.165) is 26.6 Å². The number of hydrogen-bond acceptors (Lipinski definition) is 1. The summed E-state index contributed by atoms with van der Waals surface area (Å²) in [5.74, 6) is -0.215. The van der Waals surface area contributed by atoms with Crippen molar-refractivity contribution in [3.05, 3.63) is 68.4 Å². The van der Waals surface area contributed by atoms with E-state index in [0.29, 0.717) is 0 Å². The smallest absolute Gasteiger partial charge is 0.123 e. The molecule has 19 heavy (non-hydrogen) atoms. The normalized spacial score (nSPS) is 12.4. The predicted octanol–water partition coefficient (Wildman–Crippen LogP) is 5.05. The fourth-order valence-corrected chi connectivity index (χ4v) is 2.86. The van der Waals surface area contributed by atoms with Crippen molar-refractivity contribution in [2.45, 2.75) is 13.0 Å². The topological polar surface area (TPSA) is 12.0 Å². The van der Waals surface area contributed by atoms with Crippen molar-refractivity contribution in [1.29, 1.82) is 0 Å². The lowest BCUT2D eigenvalue weighted by atomic mass is 9.98. The van der Waals surface area contributed by atoms with Crippen LogP contribution in [0.1, 0.15) is 24.1 Å². The number of rotatable bonds is 4. The Kier molecular flexibility index (Phi) is 5.13. The summed E-state index contributed by atoms with van der Waals surface area (Å²) in [5, 5.41) is 3.43. The molecule has 0 spiro atoms. The summed E-state index contributed by atoms with van der Waals surface area (Å²) in [6.07, 6.45) is 0. The van der Waals surface area contributed by atoms with Crippen LogP contribution in [-0.2, 0) is 0 Å². The first-order chi connectivity index (χ1) is 9.11. The molecule has 0 aliphatic rings. The average Bonchev–Trinajstić information content (AvgIpc) is 2.40. The number of halogens is 3. The van der Waals surface area contributed by atoms with E-state index >= 15 is 0 Å². The standard InChI is InChI=1S/C15H14Br2FN/c1-2-19-15(10-3-6-12(18)7-4-10)13-9-11(16)5-8-14(13)17/h3-9,15,19H,2H2,1H3. The third-order valence-corrected chi connectivity index (χ3v) is 4.10. The van der Waals surface area contributed by atoms with Gasteiger partial charge in [-0.05, 0) is 48.0 Å². The number of nitrogens with one attached hydrogen (secondary N) is 1. The molecule has 0 aromatic heterocycles. The van der Waals surface area contributed by atoms with E-state index in [4.69, 9.17) is 0 Å². The molecule has 0 amide bonds. The van der Waals surface area contributed by atoms with Crippen LogP contribution in [0.4, 0.5) is 4.39 Å². The van der Waals surface area contributed by atoms with Crippen LogP contribution in [0.5, 0.6) is 0 Å². The summed E-state index contributed by atoms with van der Waals surface area (Å²) in [7, 11) is 0. The first kappa shape index (κ1) is 14.7. The van der Waals surface area contributed by atoms with Crippen molar-refractivity contribution in [3.63, 3.8) is 0 Å². The Morgan fingerprint density at radius 3 is 2.42 bits per heavy atom. The first-order valence-electron chi connectivity index (χ1n) is 6.05. The van der Waals surface area contributed by atoms with Crippen LogP contribution in [0, 0.1) is 5.82 Å². The molecule has 100 valence electrons. The molecule has 4 heteroatoms. The van der Waals surface area contributed by atoms with Gasteiger partial charge in [0.05, 0.1) is 6.04 Å². The average molecular weight is 387 g/mol. The van der Waals surface area contributed by atoms with Crippen LogP contribution in [-0.4, -0.2) is 6.54 Å². The van der Waals surface area contributed by atoms with Gasteiger partial charge in [0.1, 0.15) is 5.82 Å². The summed E-state index contributed by atoms with van der Waals surface area (Å²) in [6, 6.07) is 12.7. The summed E-state index contributed by atoms with van der Waals surface area (Å²) >= 11 is 7.07. The van der Waals surface area contributed by atoms with Gasteiger partial charge in [0.15, 0.2) is 0 Å². The molecule has 0 fully saturated rings. The summed E-state index contributed by atoms with van der Waals surface area (Å²) < 4.78 is 15.1. The molecule has 0 bridgehead atoms. The Hall–Kier alpha value is -0.710. The van der Waals surface area contributed by atoms with E-state index in [1.165, 1.54) is 12.1 Å². The van der Waals surface area contributed by atoms with Crippen LogP contribution < -0.4 is 5.32 Å². The maximum Gasteiger partial charge on any atom is 0.123 e. The molecule has 2 rings (SSSR count). The molecule has 0 saturated heterocycles. The fraction of sp³-hybridized carbons (Fsp3) is 0.200. The zero-order valence-corrected chi connectivity index (χ0v) is 13.6. The van der Waals surface area contributed by atoms with E-state index in [1.54, 1.807) is 0 Å². The lowest BCUT2D eigenvalue weighted by Gasteiger charge is -2.20. The Bertz CT molecular complexity index is 555.